The summed E-state index contributed by atoms with van der Waals surface area (Å²) in [4.78, 5) is 18.6. The molecule has 2 aromatic carbocycles. The summed E-state index contributed by atoms with van der Waals surface area (Å²) in [7, 11) is 1.85. The Balaban J connectivity index is 1.80. The van der Waals surface area contributed by atoms with E-state index in [4.69, 9.17) is 4.98 Å². The molecule has 1 saturated heterocycles. The summed E-state index contributed by atoms with van der Waals surface area (Å²) in [5.41, 5.74) is 2.03. The van der Waals surface area contributed by atoms with E-state index in [1.807, 2.05) is 43.4 Å². The van der Waals surface area contributed by atoms with Crippen molar-refractivity contribution in [2.45, 2.75) is 25.7 Å². The second-order valence-electron chi connectivity index (χ2n) is 6.92. The van der Waals surface area contributed by atoms with Gasteiger partial charge in [-0.1, -0.05) is 49.2 Å². The van der Waals surface area contributed by atoms with E-state index >= 15 is 0 Å². The van der Waals surface area contributed by atoms with Gasteiger partial charge in [0.2, 0.25) is 17.8 Å². The maximum Gasteiger partial charge on any atom is 0.241 e. The summed E-state index contributed by atoms with van der Waals surface area (Å²) >= 11 is 0. The molecule has 3 aromatic rings. The molecule has 0 atom stereocenters. The number of hydrogen-bond acceptors (Lipinski definition) is 6. The van der Waals surface area contributed by atoms with E-state index in [0.717, 1.165) is 30.4 Å². The van der Waals surface area contributed by atoms with Gasteiger partial charge in [0.25, 0.3) is 0 Å². The zero-order valence-electron chi connectivity index (χ0n) is 16.3. The van der Waals surface area contributed by atoms with Crippen molar-refractivity contribution in [3.05, 3.63) is 60.7 Å². The topological polar surface area (TPSA) is 57.2 Å². The summed E-state index contributed by atoms with van der Waals surface area (Å²) < 4.78 is 0. The molecule has 0 radical (unpaired) electrons. The fraction of sp³-hybridized carbons (Fsp3) is 0.318. The lowest BCUT2D eigenvalue weighted by Crippen LogP contribution is -2.27. The molecule has 0 unspecified atom stereocenters. The minimum Gasteiger partial charge on any atom is -0.357 e. The van der Waals surface area contributed by atoms with Gasteiger partial charge in [-0.05, 0) is 37.1 Å². The van der Waals surface area contributed by atoms with Gasteiger partial charge in [-0.15, -0.1) is 0 Å². The van der Waals surface area contributed by atoms with Crippen LogP contribution in [0.4, 0.5) is 29.2 Å². The Morgan fingerprint density at radius 3 is 1.86 bits per heavy atom. The third kappa shape index (κ3) is 4.06. The van der Waals surface area contributed by atoms with E-state index in [1.54, 1.807) is 0 Å². The monoisotopic (exact) mass is 374 g/mol. The van der Waals surface area contributed by atoms with Gasteiger partial charge in [-0.3, -0.25) is 4.90 Å². The van der Waals surface area contributed by atoms with E-state index in [9.17, 15) is 0 Å². The van der Waals surface area contributed by atoms with Crippen LogP contribution in [0.3, 0.4) is 0 Å². The molecular formula is C22H26N6. The Hall–Kier alpha value is -3.15. The number of anilines is 5. The molecule has 0 spiro atoms. The van der Waals surface area contributed by atoms with Crippen LogP contribution in [0.2, 0.25) is 0 Å². The molecule has 6 heteroatoms. The van der Waals surface area contributed by atoms with Gasteiger partial charge in [0.05, 0.1) is 0 Å². The lowest BCUT2D eigenvalue weighted by atomic mass is 10.2. The Labute approximate surface area is 166 Å². The van der Waals surface area contributed by atoms with Crippen molar-refractivity contribution < 1.29 is 0 Å². The highest BCUT2D eigenvalue weighted by Crippen LogP contribution is 2.33. The van der Waals surface area contributed by atoms with Gasteiger partial charge in [-0.25, -0.2) is 0 Å². The number of rotatable bonds is 5. The second-order valence-corrected chi connectivity index (χ2v) is 6.92. The minimum atomic E-state index is 0.584. The zero-order valence-corrected chi connectivity index (χ0v) is 16.3. The molecule has 1 aliphatic rings. The Bertz CT molecular complexity index is 837. The highest BCUT2D eigenvalue weighted by Gasteiger charge is 2.20. The van der Waals surface area contributed by atoms with Crippen LogP contribution in [0.25, 0.3) is 0 Å². The van der Waals surface area contributed by atoms with E-state index in [2.05, 4.69) is 49.4 Å². The first-order valence-corrected chi connectivity index (χ1v) is 9.94. The predicted octanol–water partition coefficient (Wildman–Crippen LogP) is 4.76. The van der Waals surface area contributed by atoms with Crippen LogP contribution in [0.5, 0.6) is 0 Å². The second kappa shape index (κ2) is 8.69. The lowest BCUT2D eigenvalue weighted by molar-refractivity contribution is 0.726. The van der Waals surface area contributed by atoms with Crippen LogP contribution >= 0.6 is 0 Å². The van der Waals surface area contributed by atoms with Gasteiger partial charge in [0.15, 0.2) is 0 Å². The summed E-state index contributed by atoms with van der Waals surface area (Å²) in [5, 5.41) is 3.10. The normalized spacial score (nSPS) is 14.4. The fourth-order valence-electron chi connectivity index (χ4n) is 3.51. The van der Waals surface area contributed by atoms with Crippen molar-refractivity contribution in [1.29, 1.82) is 0 Å². The van der Waals surface area contributed by atoms with Gasteiger partial charge >= 0.3 is 0 Å². The van der Waals surface area contributed by atoms with Gasteiger partial charge in [0.1, 0.15) is 0 Å². The van der Waals surface area contributed by atoms with Crippen molar-refractivity contribution in [2.75, 3.05) is 35.3 Å². The third-order valence-electron chi connectivity index (χ3n) is 4.95. The van der Waals surface area contributed by atoms with Crippen LogP contribution in [0.15, 0.2) is 60.7 Å². The third-order valence-corrected chi connectivity index (χ3v) is 4.95. The van der Waals surface area contributed by atoms with Gasteiger partial charge < -0.3 is 10.2 Å². The van der Waals surface area contributed by atoms with E-state index in [1.165, 1.54) is 25.7 Å². The highest BCUT2D eigenvalue weighted by molar-refractivity contribution is 5.73. The quantitative estimate of drug-likeness (QED) is 0.695. The molecule has 6 nitrogen and oxygen atoms in total. The predicted molar refractivity (Wildman–Crippen MR) is 115 cm³/mol. The van der Waals surface area contributed by atoms with Crippen LogP contribution in [-0.4, -0.2) is 35.1 Å². The zero-order chi connectivity index (χ0) is 19.2. The maximum atomic E-state index is 4.89. The standard InChI is InChI=1S/C22H26N6/c1-23-20-24-21(27-16-10-2-3-11-17-27)26-22(25-20)28(18-12-6-4-7-13-18)19-14-8-5-9-15-19/h4-9,12-15H,2-3,10-11,16-17H2,1H3,(H,23,24,25,26). The summed E-state index contributed by atoms with van der Waals surface area (Å²) in [5.74, 6) is 1.95. The van der Waals surface area contributed by atoms with Crippen molar-refractivity contribution >= 4 is 29.2 Å². The average Bonchev–Trinajstić information content (AvgIpc) is 3.05. The Morgan fingerprint density at radius 2 is 1.32 bits per heavy atom. The molecule has 0 saturated carbocycles. The molecule has 4 rings (SSSR count). The molecule has 0 aliphatic carbocycles. The van der Waals surface area contributed by atoms with E-state index in [-0.39, 0.29) is 0 Å². The Kier molecular flexibility index (Phi) is 5.66. The first-order valence-electron chi connectivity index (χ1n) is 9.94. The fourth-order valence-corrected chi connectivity index (χ4v) is 3.51. The molecule has 28 heavy (non-hydrogen) atoms. The molecule has 1 N–H and O–H groups in total. The Morgan fingerprint density at radius 1 is 0.750 bits per heavy atom. The van der Waals surface area contributed by atoms with Crippen molar-refractivity contribution in [2.24, 2.45) is 0 Å². The molecule has 2 heterocycles. The number of aromatic nitrogens is 3. The number of nitrogens with one attached hydrogen (secondary N) is 1. The summed E-state index contributed by atoms with van der Waals surface area (Å²) in [6.07, 6.45) is 4.90. The van der Waals surface area contributed by atoms with Crippen LogP contribution in [0.1, 0.15) is 25.7 Å². The van der Waals surface area contributed by atoms with Crippen LogP contribution in [0, 0.1) is 0 Å². The highest BCUT2D eigenvalue weighted by atomic mass is 15.4. The summed E-state index contributed by atoms with van der Waals surface area (Å²) in [6, 6.07) is 20.4. The first kappa shape index (κ1) is 18.2. The number of para-hydroxylation sites is 2. The average molecular weight is 374 g/mol. The number of hydrogen-bond donors (Lipinski definition) is 1. The molecule has 0 amide bonds. The molecule has 1 aliphatic heterocycles. The molecule has 1 fully saturated rings. The largest absolute Gasteiger partial charge is 0.357 e. The number of benzene rings is 2. The summed E-state index contributed by atoms with van der Waals surface area (Å²) in [6.45, 7) is 1.98. The first-order chi connectivity index (χ1) is 13.8. The van der Waals surface area contributed by atoms with E-state index < -0.39 is 0 Å². The van der Waals surface area contributed by atoms with Crippen LogP contribution < -0.4 is 15.1 Å². The smallest absolute Gasteiger partial charge is 0.241 e. The van der Waals surface area contributed by atoms with Gasteiger partial charge in [-0.2, -0.15) is 15.0 Å². The van der Waals surface area contributed by atoms with Crippen molar-refractivity contribution in [3.8, 4) is 0 Å². The lowest BCUT2D eigenvalue weighted by Gasteiger charge is -2.26. The molecule has 0 bridgehead atoms. The SMILES string of the molecule is CNc1nc(N2CCCCCC2)nc(N(c2ccccc2)c2ccccc2)n1. The minimum absolute atomic E-state index is 0.584. The van der Waals surface area contributed by atoms with Crippen molar-refractivity contribution in [3.63, 3.8) is 0 Å². The van der Waals surface area contributed by atoms with Crippen molar-refractivity contribution in [1.82, 2.24) is 15.0 Å². The molecule has 1 aromatic heterocycles. The van der Waals surface area contributed by atoms with Crippen LogP contribution in [-0.2, 0) is 0 Å². The molecule has 144 valence electrons. The van der Waals surface area contributed by atoms with Gasteiger partial charge in [0, 0.05) is 31.5 Å². The van der Waals surface area contributed by atoms with E-state index in [0.29, 0.717) is 11.9 Å². The maximum absolute atomic E-state index is 4.89. The number of nitrogens with zero attached hydrogens (tertiary/aromatic N) is 5. The molecular weight excluding hydrogens is 348 g/mol.